The third-order valence-electron chi connectivity index (χ3n) is 2.28. The SMILES string of the molecule is N[C@@H](Cc1c(F)ccc(B(O)O)c1O)C(=O)O. The van der Waals surface area contributed by atoms with Gasteiger partial charge in [0.25, 0.3) is 0 Å². The van der Waals surface area contributed by atoms with Gasteiger partial charge in [0.05, 0.1) is 0 Å². The van der Waals surface area contributed by atoms with Crippen LogP contribution in [-0.2, 0) is 11.2 Å². The molecule has 0 radical (unpaired) electrons. The summed E-state index contributed by atoms with van der Waals surface area (Å²) in [7, 11) is -1.98. The molecule has 1 aromatic rings. The molecule has 6 N–H and O–H groups in total. The number of halogens is 1. The van der Waals surface area contributed by atoms with Crippen molar-refractivity contribution in [2.24, 2.45) is 5.73 Å². The molecule has 0 heterocycles. The molecule has 0 amide bonds. The van der Waals surface area contributed by atoms with Crippen molar-refractivity contribution >= 4 is 18.6 Å². The Morgan fingerprint density at radius 1 is 1.47 bits per heavy atom. The van der Waals surface area contributed by atoms with Crippen molar-refractivity contribution in [1.29, 1.82) is 0 Å². The number of phenols is 1. The molecule has 0 aliphatic rings. The van der Waals surface area contributed by atoms with Crippen molar-refractivity contribution in [3.05, 3.63) is 23.5 Å². The molecule has 1 rings (SSSR count). The molecule has 6 nitrogen and oxygen atoms in total. The van der Waals surface area contributed by atoms with Gasteiger partial charge in [0.1, 0.15) is 17.6 Å². The number of nitrogens with two attached hydrogens (primary N) is 1. The van der Waals surface area contributed by atoms with E-state index >= 15 is 0 Å². The molecule has 17 heavy (non-hydrogen) atoms. The first-order valence-electron chi connectivity index (χ1n) is 4.69. The van der Waals surface area contributed by atoms with Crippen LogP contribution in [0.2, 0.25) is 0 Å². The smallest absolute Gasteiger partial charge is 0.492 e. The molecule has 0 saturated heterocycles. The number of carboxylic acids is 1. The van der Waals surface area contributed by atoms with Crippen molar-refractivity contribution in [3.63, 3.8) is 0 Å². The molecular formula is C9H11BFNO5. The van der Waals surface area contributed by atoms with E-state index in [4.69, 9.17) is 20.9 Å². The largest absolute Gasteiger partial charge is 0.508 e. The summed E-state index contributed by atoms with van der Waals surface area (Å²) in [6.45, 7) is 0. The highest BCUT2D eigenvalue weighted by Crippen LogP contribution is 2.20. The number of hydrogen-bond acceptors (Lipinski definition) is 5. The van der Waals surface area contributed by atoms with Gasteiger partial charge in [-0.2, -0.15) is 0 Å². The van der Waals surface area contributed by atoms with Crippen molar-refractivity contribution in [2.45, 2.75) is 12.5 Å². The zero-order valence-electron chi connectivity index (χ0n) is 8.67. The number of benzene rings is 1. The first-order valence-corrected chi connectivity index (χ1v) is 4.69. The van der Waals surface area contributed by atoms with E-state index in [-0.39, 0.29) is 11.0 Å². The van der Waals surface area contributed by atoms with Gasteiger partial charge in [0, 0.05) is 17.4 Å². The van der Waals surface area contributed by atoms with E-state index < -0.39 is 37.1 Å². The van der Waals surface area contributed by atoms with Gasteiger partial charge >= 0.3 is 13.1 Å². The van der Waals surface area contributed by atoms with Gasteiger partial charge < -0.3 is 26.0 Å². The molecule has 1 aromatic carbocycles. The molecule has 0 aromatic heterocycles. The zero-order valence-corrected chi connectivity index (χ0v) is 8.67. The van der Waals surface area contributed by atoms with E-state index in [1.165, 1.54) is 0 Å². The topological polar surface area (TPSA) is 124 Å². The number of aliphatic carboxylic acids is 1. The second-order valence-electron chi connectivity index (χ2n) is 3.49. The van der Waals surface area contributed by atoms with E-state index in [1.807, 2.05) is 0 Å². The van der Waals surface area contributed by atoms with Crippen molar-refractivity contribution in [2.75, 3.05) is 0 Å². The predicted octanol–water partition coefficient (Wildman–Crippen LogP) is -1.83. The van der Waals surface area contributed by atoms with Crippen LogP contribution in [0.3, 0.4) is 0 Å². The molecule has 0 saturated carbocycles. The van der Waals surface area contributed by atoms with Crippen molar-refractivity contribution in [1.82, 2.24) is 0 Å². The second kappa shape index (κ2) is 5.13. The van der Waals surface area contributed by atoms with E-state index in [1.54, 1.807) is 0 Å². The maximum Gasteiger partial charge on any atom is 0.492 e. The van der Waals surface area contributed by atoms with E-state index in [0.717, 1.165) is 12.1 Å². The molecule has 8 heteroatoms. The Morgan fingerprint density at radius 3 is 2.53 bits per heavy atom. The molecule has 0 spiro atoms. The minimum atomic E-state index is -1.98. The number of carboxylic acid groups (broad SMARTS) is 1. The molecule has 92 valence electrons. The van der Waals surface area contributed by atoms with Crippen LogP contribution in [-0.4, -0.2) is 39.4 Å². The Labute approximate surface area is 96.3 Å². The van der Waals surface area contributed by atoms with E-state index in [0.29, 0.717) is 0 Å². The molecule has 0 aliphatic heterocycles. The molecular weight excluding hydrogens is 232 g/mol. The lowest BCUT2D eigenvalue weighted by atomic mass is 9.78. The summed E-state index contributed by atoms with van der Waals surface area (Å²) < 4.78 is 13.3. The molecule has 0 aliphatic carbocycles. The van der Waals surface area contributed by atoms with Crippen LogP contribution < -0.4 is 11.2 Å². The highest BCUT2D eigenvalue weighted by molar-refractivity contribution is 6.59. The first-order chi connectivity index (χ1) is 7.84. The van der Waals surface area contributed by atoms with Gasteiger partial charge in [0.15, 0.2) is 0 Å². The van der Waals surface area contributed by atoms with Gasteiger partial charge in [0.2, 0.25) is 0 Å². The minimum Gasteiger partial charge on any atom is -0.508 e. The minimum absolute atomic E-state index is 0.306. The van der Waals surface area contributed by atoms with Gasteiger partial charge in [-0.05, 0) is 6.07 Å². The lowest BCUT2D eigenvalue weighted by molar-refractivity contribution is -0.138. The Bertz CT molecular complexity index is 440. The lowest BCUT2D eigenvalue weighted by Gasteiger charge is -2.12. The van der Waals surface area contributed by atoms with Crippen LogP contribution in [0, 0.1) is 5.82 Å². The standard InChI is InChI=1S/C9H11BFNO5/c11-6-2-1-5(10(16)17)8(13)4(6)3-7(12)9(14)15/h1-2,7,13,16-17H,3,12H2,(H,14,15)/t7-/m0/s1. The first kappa shape index (κ1) is 13.4. The van der Waals surface area contributed by atoms with Gasteiger partial charge in [-0.15, -0.1) is 0 Å². The Balaban J connectivity index is 3.14. The van der Waals surface area contributed by atoms with Crippen molar-refractivity contribution < 1.29 is 29.4 Å². The fraction of sp³-hybridized carbons (Fsp3) is 0.222. The summed E-state index contributed by atoms with van der Waals surface area (Å²) in [5.74, 6) is -2.90. The van der Waals surface area contributed by atoms with E-state index in [9.17, 15) is 14.3 Å². The highest BCUT2D eigenvalue weighted by Gasteiger charge is 2.23. The zero-order chi connectivity index (χ0) is 13.2. The number of rotatable bonds is 4. The second-order valence-corrected chi connectivity index (χ2v) is 3.49. The quantitative estimate of drug-likeness (QED) is 0.396. The number of carbonyl (C=O) groups is 1. The number of phenolic OH excluding ortho intramolecular Hbond substituents is 1. The Morgan fingerprint density at radius 2 is 2.06 bits per heavy atom. The number of aromatic hydroxyl groups is 1. The Kier molecular flexibility index (Phi) is 4.05. The average Bonchev–Trinajstić information content (AvgIpc) is 2.22. The van der Waals surface area contributed by atoms with Gasteiger partial charge in [-0.25, -0.2) is 4.39 Å². The van der Waals surface area contributed by atoms with Crippen LogP contribution in [0.25, 0.3) is 0 Å². The maximum atomic E-state index is 13.3. The average molecular weight is 243 g/mol. The Hall–Kier alpha value is -1.64. The molecule has 0 bridgehead atoms. The molecule has 0 unspecified atom stereocenters. The van der Waals surface area contributed by atoms with Gasteiger partial charge in [-0.1, -0.05) is 6.07 Å². The van der Waals surface area contributed by atoms with Crippen LogP contribution in [0.1, 0.15) is 5.56 Å². The summed E-state index contributed by atoms with van der Waals surface area (Å²) in [5.41, 5.74) is 4.55. The van der Waals surface area contributed by atoms with E-state index in [2.05, 4.69) is 0 Å². The number of hydrogen-bond donors (Lipinski definition) is 5. The highest BCUT2D eigenvalue weighted by atomic mass is 19.1. The lowest BCUT2D eigenvalue weighted by Crippen LogP contribution is -2.35. The summed E-state index contributed by atoms with van der Waals surface area (Å²) in [4.78, 5) is 10.5. The summed E-state index contributed by atoms with van der Waals surface area (Å²) in [6.07, 6.45) is -0.451. The predicted molar refractivity (Wildman–Crippen MR) is 57.2 cm³/mol. The third kappa shape index (κ3) is 2.93. The van der Waals surface area contributed by atoms with Crippen LogP contribution in [0.4, 0.5) is 4.39 Å². The normalized spacial score (nSPS) is 12.2. The molecule has 1 atom stereocenters. The van der Waals surface area contributed by atoms with Crippen LogP contribution >= 0.6 is 0 Å². The monoisotopic (exact) mass is 243 g/mol. The summed E-state index contributed by atoms with van der Waals surface area (Å²) >= 11 is 0. The third-order valence-corrected chi connectivity index (χ3v) is 2.28. The van der Waals surface area contributed by atoms with Crippen LogP contribution in [0.15, 0.2) is 12.1 Å². The molecule has 0 fully saturated rings. The van der Waals surface area contributed by atoms with Gasteiger partial charge in [-0.3, -0.25) is 4.79 Å². The van der Waals surface area contributed by atoms with Crippen LogP contribution in [0.5, 0.6) is 5.75 Å². The van der Waals surface area contributed by atoms with Crippen molar-refractivity contribution in [3.8, 4) is 5.75 Å². The maximum absolute atomic E-state index is 13.3. The summed E-state index contributed by atoms with van der Waals surface area (Å²) in [6, 6.07) is 0.505. The summed E-state index contributed by atoms with van der Waals surface area (Å²) in [5, 5.41) is 35.9. The fourth-order valence-corrected chi connectivity index (χ4v) is 1.34. The fourth-order valence-electron chi connectivity index (χ4n) is 1.34.